The highest BCUT2D eigenvalue weighted by Crippen LogP contribution is 2.26. The van der Waals surface area contributed by atoms with Crippen LogP contribution in [0.5, 0.6) is 0 Å². The molecular weight excluding hydrogens is 208 g/mol. The summed E-state index contributed by atoms with van der Waals surface area (Å²) in [6, 6.07) is 8.11. The van der Waals surface area contributed by atoms with Gasteiger partial charge in [-0.2, -0.15) is 0 Å². The molecule has 2 nitrogen and oxygen atoms in total. The molecule has 0 aliphatic heterocycles. The summed E-state index contributed by atoms with van der Waals surface area (Å²) in [5.74, 6) is 0. The lowest BCUT2D eigenvalue weighted by Crippen LogP contribution is -1.92. The monoisotopic (exact) mass is 218 g/mol. The molecule has 1 aromatic heterocycles. The molecule has 0 aliphatic rings. The van der Waals surface area contributed by atoms with E-state index in [1.165, 1.54) is 5.56 Å². The van der Waals surface area contributed by atoms with Gasteiger partial charge < -0.3 is 0 Å². The van der Waals surface area contributed by atoms with Gasteiger partial charge in [0.1, 0.15) is 5.69 Å². The van der Waals surface area contributed by atoms with Crippen molar-refractivity contribution in [3.8, 4) is 11.3 Å². The van der Waals surface area contributed by atoms with Gasteiger partial charge in [0.2, 0.25) is 0 Å². The maximum atomic E-state index is 6.01. The normalized spacial score (nSPS) is 10.3. The standard InChI is InChI=1S/C12H11ClN2/c1-2-9-5-3-4-6-10(9)11-12(13)15-8-7-14-11/h3-8H,2H2,1H3. The van der Waals surface area contributed by atoms with Gasteiger partial charge in [-0.05, 0) is 12.0 Å². The average Bonchev–Trinajstić information content (AvgIpc) is 2.30. The number of nitrogens with zero attached hydrogens (tertiary/aromatic N) is 2. The third kappa shape index (κ3) is 2.00. The van der Waals surface area contributed by atoms with Crippen molar-refractivity contribution < 1.29 is 0 Å². The van der Waals surface area contributed by atoms with Crippen LogP contribution in [0.25, 0.3) is 11.3 Å². The molecule has 0 atom stereocenters. The van der Waals surface area contributed by atoms with E-state index in [2.05, 4.69) is 23.0 Å². The maximum absolute atomic E-state index is 6.01. The van der Waals surface area contributed by atoms with E-state index < -0.39 is 0 Å². The Bertz CT molecular complexity index is 469. The summed E-state index contributed by atoms with van der Waals surface area (Å²) in [5, 5.41) is 0.457. The topological polar surface area (TPSA) is 25.8 Å². The van der Waals surface area contributed by atoms with Crippen molar-refractivity contribution in [3.05, 3.63) is 47.4 Å². The predicted octanol–water partition coefficient (Wildman–Crippen LogP) is 3.36. The predicted molar refractivity (Wildman–Crippen MR) is 61.9 cm³/mol. The number of hydrogen-bond acceptors (Lipinski definition) is 2. The van der Waals surface area contributed by atoms with E-state index in [-0.39, 0.29) is 0 Å². The second kappa shape index (κ2) is 4.41. The molecule has 1 heterocycles. The van der Waals surface area contributed by atoms with Gasteiger partial charge >= 0.3 is 0 Å². The molecule has 1 aromatic carbocycles. The van der Waals surface area contributed by atoms with Gasteiger partial charge in [-0.1, -0.05) is 42.8 Å². The highest BCUT2D eigenvalue weighted by atomic mass is 35.5. The molecule has 0 radical (unpaired) electrons. The lowest BCUT2D eigenvalue weighted by atomic mass is 10.0. The zero-order chi connectivity index (χ0) is 10.7. The number of hydrogen-bond donors (Lipinski definition) is 0. The van der Waals surface area contributed by atoms with Gasteiger partial charge in [0.25, 0.3) is 0 Å². The summed E-state index contributed by atoms with van der Waals surface area (Å²) >= 11 is 6.01. The van der Waals surface area contributed by atoms with E-state index in [0.717, 1.165) is 17.7 Å². The molecule has 0 fully saturated rings. The lowest BCUT2D eigenvalue weighted by molar-refractivity contribution is 1.12. The quantitative estimate of drug-likeness (QED) is 0.773. The van der Waals surface area contributed by atoms with E-state index in [1.54, 1.807) is 12.4 Å². The van der Waals surface area contributed by atoms with E-state index in [4.69, 9.17) is 11.6 Å². The van der Waals surface area contributed by atoms with E-state index in [0.29, 0.717) is 5.15 Å². The first-order chi connectivity index (χ1) is 7.33. The minimum Gasteiger partial charge on any atom is -0.251 e. The molecule has 0 saturated carbocycles. The fourth-order valence-electron chi connectivity index (χ4n) is 1.56. The Balaban J connectivity index is 2.59. The van der Waals surface area contributed by atoms with Crippen LogP contribution in [0.4, 0.5) is 0 Å². The molecule has 0 aliphatic carbocycles. The summed E-state index contributed by atoms with van der Waals surface area (Å²) in [7, 11) is 0. The Morgan fingerprint density at radius 3 is 2.60 bits per heavy atom. The number of aryl methyl sites for hydroxylation is 1. The molecule has 76 valence electrons. The van der Waals surface area contributed by atoms with E-state index in [1.807, 2.05) is 18.2 Å². The molecule has 0 spiro atoms. The Kier molecular flexibility index (Phi) is 2.97. The van der Waals surface area contributed by atoms with E-state index in [9.17, 15) is 0 Å². The fourth-order valence-corrected chi connectivity index (χ4v) is 1.77. The minimum atomic E-state index is 0.457. The van der Waals surface area contributed by atoms with Crippen LogP contribution in [-0.2, 0) is 6.42 Å². The minimum absolute atomic E-state index is 0.457. The first kappa shape index (κ1) is 10.1. The fraction of sp³-hybridized carbons (Fsp3) is 0.167. The van der Waals surface area contributed by atoms with Crippen molar-refractivity contribution >= 4 is 11.6 Å². The molecular formula is C12H11ClN2. The van der Waals surface area contributed by atoms with Crippen LogP contribution in [0.2, 0.25) is 5.15 Å². The van der Waals surface area contributed by atoms with Crippen LogP contribution < -0.4 is 0 Å². The Hall–Kier alpha value is -1.41. The molecule has 0 saturated heterocycles. The van der Waals surface area contributed by atoms with Crippen LogP contribution in [0.3, 0.4) is 0 Å². The highest BCUT2D eigenvalue weighted by molar-refractivity contribution is 6.31. The van der Waals surface area contributed by atoms with Gasteiger partial charge in [-0.15, -0.1) is 0 Å². The Morgan fingerprint density at radius 1 is 1.13 bits per heavy atom. The summed E-state index contributed by atoms with van der Waals surface area (Å²) in [6.07, 6.45) is 4.22. The SMILES string of the molecule is CCc1ccccc1-c1nccnc1Cl. The van der Waals surface area contributed by atoms with Gasteiger partial charge in [-0.25, -0.2) is 4.98 Å². The van der Waals surface area contributed by atoms with Crippen molar-refractivity contribution in [2.75, 3.05) is 0 Å². The number of rotatable bonds is 2. The van der Waals surface area contributed by atoms with Gasteiger partial charge in [-0.3, -0.25) is 4.98 Å². The highest BCUT2D eigenvalue weighted by Gasteiger charge is 2.08. The van der Waals surface area contributed by atoms with E-state index >= 15 is 0 Å². The average molecular weight is 219 g/mol. The van der Waals surface area contributed by atoms with Crippen LogP contribution in [0.1, 0.15) is 12.5 Å². The molecule has 0 unspecified atom stereocenters. The van der Waals surface area contributed by atoms with Crippen molar-refractivity contribution in [2.45, 2.75) is 13.3 Å². The Morgan fingerprint density at radius 2 is 1.87 bits per heavy atom. The van der Waals surface area contributed by atoms with Crippen LogP contribution in [-0.4, -0.2) is 9.97 Å². The second-order valence-electron chi connectivity index (χ2n) is 3.21. The number of halogens is 1. The van der Waals surface area contributed by atoms with Crippen molar-refractivity contribution in [1.29, 1.82) is 0 Å². The Labute approximate surface area is 94.0 Å². The molecule has 15 heavy (non-hydrogen) atoms. The zero-order valence-electron chi connectivity index (χ0n) is 8.44. The molecule has 3 heteroatoms. The first-order valence-corrected chi connectivity index (χ1v) is 5.25. The lowest BCUT2D eigenvalue weighted by Gasteiger charge is -2.07. The third-order valence-corrected chi connectivity index (χ3v) is 2.58. The molecule has 2 rings (SSSR count). The van der Waals surface area contributed by atoms with Crippen LogP contribution >= 0.6 is 11.6 Å². The number of aromatic nitrogens is 2. The van der Waals surface area contributed by atoms with Crippen LogP contribution in [0, 0.1) is 0 Å². The summed E-state index contributed by atoms with van der Waals surface area (Å²) in [5.41, 5.74) is 3.06. The van der Waals surface area contributed by atoms with Gasteiger partial charge in [0.05, 0.1) is 0 Å². The smallest absolute Gasteiger partial charge is 0.155 e. The molecule has 2 aromatic rings. The third-order valence-electron chi connectivity index (χ3n) is 2.31. The second-order valence-corrected chi connectivity index (χ2v) is 3.56. The zero-order valence-corrected chi connectivity index (χ0v) is 9.20. The van der Waals surface area contributed by atoms with Crippen molar-refractivity contribution in [1.82, 2.24) is 9.97 Å². The molecule has 0 amide bonds. The largest absolute Gasteiger partial charge is 0.251 e. The number of benzene rings is 1. The summed E-state index contributed by atoms with van der Waals surface area (Å²) in [4.78, 5) is 8.30. The van der Waals surface area contributed by atoms with Crippen molar-refractivity contribution in [3.63, 3.8) is 0 Å². The summed E-state index contributed by atoms with van der Waals surface area (Å²) < 4.78 is 0. The molecule has 0 N–H and O–H groups in total. The van der Waals surface area contributed by atoms with Gasteiger partial charge in [0.15, 0.2) is 5.15 Å². The van der Waals surface area contributed by atoms with Crippen molar-refractivity contribution in [2.24, 2.45) is 0 Å². The van der Waals surface area contributed by atoms with Gasteiger partial charge in [0, 0.05) is 18.0 Å². The maximum Gasteiger partial charge on any atom is 0.155 e. The summed E-state index contributed by atoms with van der Waals surface area (Å²) in [6.45, 7) is 2.11. The van der Waals surface area contributed by atoms with Crippen LogP contribution in [0.15, 0.2) is 36.7 Å². The molecule has 0 bridgehead atoms. The first-order valence-electron chi connectivity index (χ1n) is 4.87.